The number of hydrogen-bond donors (Lipinski definition) is 2. The average molecular weight is 1060 g/mol. The van der Waals surface area contributed by atoms with Gasteiger partial charge in [-0.2, -0.15) is 0 Å². The number of nitrogens with zero attached hydrogens (tertiary/aromatic N) is 3. The Balaban J connectivity index is 1.21. The lowest BCUT2D eigenvalue weighted by Crippen LogP contribution is -2.70. The summed E-state index contributed by atoms with van der Waals surface area (Å²) in [6, 6.07) is 43.1. The number of nitro benzene ring substituents is 1. The molecule has 14 nitrogen and oxygen atoms in total. The Morgan fingerprint density at radius 2 is 1.58 bits per heavy atom. The molecule has 2 N–H and O–H groups in total. The molecule has 77 heavy (non-hydrogen) atoms. The molecule has 402 valence electrons. The summed E-state index contributed by atoms with van der Waals surface area (Å²) in [7, 11) is 0. The number of carbonyl (C=O) groups excluding carboxylic acids is 1. The first kappa shape index (κ1) is 54.8. The van der Waals surface area contributed by atoms with Crippen LogP contribution in [0.15, 0.2) is 174 Å². The van der Waals surface area contributed by atoms with Gasteiger partial charge in [0.15, 0.2) is 0 Å². The van der Waals surface area contributed by atoms with Gasteiger partial charge >= 0.3 is 6.09 Å². The fraction of sp³-hybridized carbons (Fsp3) is 0.355. The van der Waals surface area contributed by atoms with Gasteiger partial charge in [0.05, 0.1) is 42.9 Å². The van der Waals surface area contributed by atoms with Crippen molar-refractivity contribution in [2.75, 3.05) is 39.3 Å². The summed E-state index contributed by atoms with van der Waals surface area (Å²) in [5.41, 5.74) is 4.86. The number of benzene rings is 6. The summed E-state index contributed by atoms with van der Waals surface area (Å²) in [6.45, 7) is 4.86. The third-order valence-corrected chi connectivity index (χ3v) is 15.6. The van der Waals surface area contributed by atoms with Crippen molar-refractivity contribution in [2.24, 2.45) is 22.9 Å². The molecule has 0 radical (unpaired) electrons. The third kappa shape index (κ3) is 12.9. The van der Waals surface area contributed by atoms with Crippen molar-refractivity contribution in [3.8, 4) is 17.2 Å². The molecule has 1 amide bonds. The third-order valence-electron chi connectivity index (χ3n) is 14.9. The molecule has 0 bridgehead atoms. The minimum absolute atomic E-state index is 0.0120. The number of non-ortho nitro benzene ring substituents is 1. The van der Waals surface area contributed by atoms with Gasteiger partial charge in [-0.25, -0.2) is 4.79 Å². The molecule has 15 heteroatoms. The van der Waals surface area contributed by atoms with Gasteiger partial charge in [0.25, 0.3) is 5.69 Å². The largest absolute Gasteiger partial charge is 0.459 e. The molecule has 0 unspecified atom stereocenters. The number of hydrogen-bond acceptors (Lipinski definition) is 13. The molecule has 1 heterocycles. The number of allylic oxidation sites excluding steroid dienone is 1. The van der Waals surface area contributed by atoms with Crippen LogP contribution < -0.4 is 9.47 Å². The van der Waals surface area contributed by atoms with Crippen LogP contribution in [0.5, 0.6) is 17.2 Å². The molecule has 9 rings (SSSR count). The number of fused-ring (bicyclic) bond motifs is 3. The molecular weight excluding hydrogens is 995 g/mol. The highest BCUT2D eigenvalue weighted by Gasteiger charge is 2.66. The zero-order valence-corrected chi connectivity index (χ0v) is 44.3. The van der Waals surface area contributed by atoms with Gasteiger partial charge in [-0.1, -0.05) is 103 Å². The lowest BCUT2D eigenvalue weighted by atomic mass is 9.55. The number of amides is 1. The standard InChI is InChI=1S/C62H67N3O11S/c1-3-34-73-62-58(64(40-47-19-13-18-45-16-7-8-20-52(45)47)61(68)72-36-35-71-41-43-14-5-4-6-15-43)39-56(63-74-42-44-22-24-48(25-23-44)65(69)70)54-37-46(17-9-11-32-66)53(21-10-12-33-67)59(60(54)62)55-38-50(28-31-57(55)76-62)75-49-26-29-51(77-2)30-27-49/h3-8,13-16,18-20,22-31,37-38,46,53,58-60,66-67H,1,9-12,17,21,32-36,39-42H2,2H3/t46-,53+,58-,59+,60+,62+/m0/s1. The van der Waals surface area contributed by atoms with Crippen LogP contribution in [0.25, 0.3) is 10.8 Å². The molecule has 2 aliphatic carbocycles. The maximum atomic E-state index is 15.4. The molecule has 0 aromatic heterocycles. The van der Waals surface area contributed by atoms with Crippen LogP contribution in [-0.2, 0) is 38.8 Å². The van der Waals surface area contributed by atoms with Crippen molar-refractivity contribution in [3.63, 3.8) is 0 Å². The van der Waals surface area contributed by atoms with E-state index in [4.69, 9.17) is 33.7 Å². The maximum Gasteiger partial charge on any atom is 0.410 e. The predicted molar refractivity (Wildman–Crippen MR) is 298 cm³/mol. The molecule has 6 aromatic rings. The van der Waals surface area contributed by atoms with Gasteiger partial charge in [-0.3, -0.25) is 15.0 Å². The monoisotopic (exact) mass is 1060 g/mol. The number of nitro groups is 1. The lowest BCUT2D eigenvalue weighted by Gasteiger charge is -2.59. The Morgan fingerprint density at radius 3 is 2.34 bits per heavy atom. The number of thioether (sulfide) groups is 1. The average Bonchev–Trinajstić information content (AvgIpc) is 3.53. The molecule has 1 aliphatic heterocycles. The van der Waals surface area contributed by atoms with Gasteiger partial charge in [0, 0.05) is 48.1 Å². The number of aliphatic hydroxyl groups is 2. The normalized spacial score (nSPS) is 20.8. The summed E-state index contributed by atoms with van der Waals surface area (Å²) in [5, 5.41) is 38.8. The van der Waals surface area contributed by atoms with Crippen LogP contribution in [0, 0.1) is 27.9 Å². The number of rotatable bonds is 26. The quantitative estimate of drug-likeness (QED) is 0.0173. The van der Waals surface area contributed by atoms with Crippen molar-refractivity contribution in [2.45, 2.75) is 87.3 Å². The second-order valence-electron chi connectivity index (χ2n) is 19.7. The van der Waals surface area contributed by atoms with Gasteiger partial charge in [-0.15, -0.1) is 18.3 Å². The summed E-state index contributed by atoms with van der Waals surface area (Å²) < 4.78 is 33.7. The van der Waals surface area contributed by atoms with E-state index in [1.54, 1.807) is 34.9 Å². The number of ether oxygens (including phenoxy) is 5. The minimum atomic E-state index is -1.58. The number of unbranched alkanes of at least 4 members (excludes halogenated alkanes) is 2. The minimum Gasteiger partial charge on any atom is -0.459 e. The Bertz CT molecular complexity index is 3000. The van der Waals surface area contributed by atoms with Crippen LogP contribution in [0.3, 0.4) is 0 Å². The summed E-state index contributed by atoms with van der Waals surface area (Å²) in [6.07, 6.45) is 9.76. The van der Waals surface area contributed by atoms with E-state index >= 15 is 4.79 Å². The van der Waals surface area contributed by atoms with Gasteiger partial charge in [0.1, 0.15) is 36.5 Å². The Labute approximate surface area is 454 Å². The first-order valence-electron chi connectivity index (χ1n) is 26.5. The molecule has 3 aliphatic rings. The first-order chi connectivity index (χ1) is 37.7. The van der Waals surface area contributed by atoms with E-state index in [1.165, 1.54) is 12.1 Å². The highest BCUT2D eigenvalue weighted by atomic mass is 32.2. The Kier molecular flexibility index (Phi) is 18.8. The van der Waals surface area contributed by atoms with E-state index in [2.05, 4.69) is 18.7 Å². The van der Waals surface area contributed by atoms with Crippen LogP contribution in [0.2, 0.25) is 0 Å². The van der Waals surface area contributed by atoms with Crippen LogP contribution in [0.4, 0.5) is 10.5 Å². The van der Waals surface area contributed by atoms with Crippen molar-refractivity contribution in [1.29, 1.82) is 0 Å². The molecule has 1 saturated carbocycles. The smallest absolute Gasteiger partial charge is 0.410 e. The second kappa shape index (κ2) is 26.4. The number of carbonyl (C=O) groups is 1. The van der Waals surface area contributed by atoms with Gasteiger partial charge < -0.3 is 38.7 Å². The van der Waals surface area contributed by atoms with Crippen LogP contribution in [0.1, 0.15) is 73.1 Å². The van der Waals surface area contributed by atoms with E-state index < -0.39 is 28.8 Å². The lowest BCUT2D eigenvalue weighted by molar-refractivity contribution is -0.384. The molecular formula is C62H67N3O11S. The summed E-state index contributed by atoms with van der Waals surface area (Å²) >= 11 is 1.65. The summed E-state index contributed by atoms with van der Waals surface area (Å²) in [5.74, 6) is -0.703. The highest BCUT2D eigenvalue weighted by Crippen LogP contribution is 2.62. The Morgan fingerprint density at radius 1 is 0.857 bits per heavy atom. The fourth-order valence-electron chi connectivity index (χ4n) is 11.3. The molecule has 6 atom stereocenters. The van der Waals surface area contributed by atoms with Crippen molar-refractivity contribution in [1.82, 2.24) is 4.90 Å². The van der Waals surface area contributed by atoms with Crippen molar-refractivity contribution >= 4 is 40.0 Å². The number of oxime groups is 1. The first-order valence-corrected chi connectivity index (χ1v) is 27.7. The topological polar surface area (TPSA) is 172 Å². The molecule has 0 saturated heterocycles. The molecule has 1 fully saturated rings. The summed E-state index contributed by atoms with van der Waals surface area (Å²) in [4.78, 5) is 35.6. The van der Waals surface area contributed by atoms with Gasteiger partial charge in [-0.05, 0) is 131 Å². The van der Waals surface area contributed by atoms with E-state index in [-0.39, 0.29) is 76.0 Å². The zero-order chi connectivity index (χ0) is 53.6. The van der Waals surface area contributed by atoms with E-state index in [1.807, 2.05) is 115 Å². The number of aliphatic hydroxyl groups excluding tert-OH is 2. The van der Waals surface area contributed by atoms with E-state index in [9.17, 15) is 20.3 Å². The second-order valence-corrected chi connectivity index (χ2v) is 20.5. The maximum absolute atomic E-state index is 15.4. The zero-order valence-electron chi connectivity index (χ0n) is 43.5. The fourth-order valence-corrected chi connectivity index (χ4v) is 11.7. The highest BCUT2D eigenvalue weighted by molar-refractivity contribution is 7.98. The Hall–Kier alpha value is -7.01. The van der Waals surface area contributed by atoms with Crippen molar-refractivity contribution < 1.29 is 48.5 Å². The van der Waals surface area contributed by atoms with Crippen LogP contribution in [-0.4, -0.2) is 83.0 Å². The SMILES string of the molecule is C=CCO[C@@]12Oc3ccc(Oc4ccc(SC)cc4)cc3[C@H]3[C@H](CCCCO)[C@@H](CCCCO)C=C(C(=NOCc4ccc([N+](=O)[O-])cc4)C[C@@H]1N(Cc1cccc4ccccc14)C(=O)OCCOCc1ccccc1)[C@H]32. The molecule has 0 spiro atoms. The van der Waals surface area contributed by atoms with Gasteiger partial charge in [0.2, 0.25) is 5.79 Å². The van der Waals surface area contributed by atoms with E-state index in [0.29, 0.717) is 48.0 Å². The predicted octanol–water partition coefficient (Wildman–Crippen LogP) is 13.0. The van der Waals surface area contributed by atoms with E-state index in [0.717, 1.165) is 63.6 Å². The van der Waals surface area contributed by atoms with Crippen molar-refractivity contribution in [3.05, 3.63) is 196 Å². The van der Waals surface area contributed by atoms with Crippen LogP contribution >= 0.6 is 11.8 Å². The molecule has 6 aromatic carbocycles.